The van der Waals surface area contributed by atoms with Crippen LogP contribution in [0.2, 0.25) is 0 Å². The third-order valence-corrected chi connectivity index (χ3v) is 3.46. The molecule has 2 N–H and O–H groups in total. The lowest BCUT2D eigenvalue weighted by Crippen LogP contribution is -2.31. The summed E-state index contributed by atoms with van der Waals surface area (Å²) in [4.78, 5) is 26.5. The van der Waals surface area contributed by atoms with E-state index in [0.717, 1.165) is 0 Å². The van der Waals surface area contributed by atoms with Crippen molar-refractivity contribution in [1.82, 2.24) is 20.5 Å². The second kappa shape index (κ2) is 8.27. The van der Waals surface area contributed by atoms with Crippen molar-refractivity contribution in [2.24, 2.45) is 0 Å². The molecule has 0 saturated heterocycles. The number of methoxy groups -OCH3 is 2. The fourth-order valence-corrected chi connectivity index (χ4v) is 2.26. The summed E-state index contributed by atoms with van der Waals surface area (Å²) in [7, 11) is 3.07. The molecule has 8 heteroatoms. The molecule has 1 amide bonds. The maximum atomic E-state index is 12.2. The number of carbonyl (C=O) groups is 1. The van der Waals surface area contributed by atoms with Crippen LogP contribution in [0.1, 0.15) is 26.0 Å². The number of benzene rings is 1. The fraction of sp³-hybridized carbons (Fsp3) is 0.412. The third kappa shape index (κ3) is 4.79. The zero-order chi connectivity index (χ0) is 18.4. The van der Waals surface area contributed by atoms with Crippen molar-refractivity contribution >= 4 is 5.91 Å². The third-order valence-electron chi connectivity index (χ3n) is 3.46. The molecule has 0 spiro atoms. The van der Waals surface area contributed by atoms with E-state index in [1.807, 2.05) is 13.8 Å². The zero-order valence-electron chi connectivity index (χ0n) is 14.8. The first-order chi connectivity index (χ1) is 11.9. The van der Waals surface area contributed by atoms with E-state index in [4.69, 9.17) is 9.47 Å². The number of aromatic amines is 1. The normalized spacial score (nSPS) is 10.6. The van der Waals surface area contributed by atoms with Crippen LogP contribution in [0.4, 0.5) is 0 Å². The second-order valence-electron chi connectivity index (χ2n) is 5.74. The van der Waals surface area contributed by atoms with Gasteiger partial charge in [0.25, 0.3) is 5.56 Å². The highest BCUT2D eigenvalue weighted by Gasteiger charge is 2.12. The van der Waals surface area contributed by atoms with Gasteiger partial charge >= 0.3 is 0 Å². The molecule has 2 aromatic rings. The van der Waals surface area contributed by atoms with Crippen molar-refractivity contribution < 1.29 is 14.3 Å². The van der Waals surface area contributed by atoms with Crippen LogP contribution in [0.25, 0.3) is 11.4 Å². The minimum atomic E-state index is -0.364. The molecule has 0 atom stereocenters. The van der Waals surface area contributed by atoms with E-state index in [9.17, 15) is 9.59 Å². The van der Waals surface area contributed by atoms with E-state index >= 15 is 0 Å². The second-order valence-corrected chi connectivity index (χ2v) is 5.74. The maximum absolute atomic E-state index is 12.2. The van der Waals surface area contributed by atoms with E-state index < -0.39 is 0 Å². The summed E-state index contributed by atoms with van der Waals surface area (Å²) >= 11 is 0. The SMILES string of the molecule is COc1ccc(-c2nnc(CCC(=O)NC(C)C)c(=O)[nH]2)cc1OC. The molecule has 25 heavy (non-hydrogen) atoms. The predicted molar refractivity (Wildman–Crippen MR) is 92.8 cm³/mol. The van der Waals surface area contributed by atoms with E-state index in [1.165, 1.54) is 7.11 Å². The Morgan fingerprint density at radius 2 is 1.92 bits per heavy atom. The number of aromatic nitrogens is 3. The van der Waals surface area contributed by atoms with Crippen LogP contribution in [0.3, 0.4) is 0 Å². The monoisotopic (exact) mass is 346 g/mol. The first-order valence-corrected chi connectivity index (χ1v) is 7.92. The van der Waals surface area contributed by atoms with E-state index in [2.05, 4.69) is 20.5 Å². The smallest absolute Gasteiger partial charge is 0.273 e. The topological polar surface area (TPSA) is 106 Å². The lowest BCUT2D eigenvalue weighted by molar-refractivity contribution is -0.121. The van der Waals surface area contributed by atoms with Gasteiger partial charge in [0, 0.05) is 24.4 Å². The lowest BCUT2D eigenvalue weighted by Gasteiger charge is -2.09. The van der Waals surface area contributed by atoms with Crippen molar-refractivity contribution in [1.29, 1.82) is 0 Å². The van der Waals surface area contributed by atoms with Gasteiger partial charge in [-0.05, 0) is 32.0 Å². The first-order valence-electron chi connectivity index (χ1n) is 7.92. The summed E-state index contributed by atoms with van der Waals surface area (Å²) in [5.74, 6) is 1.30. The number of H-pyrrole nitrogens is 1. The Labute approximate surface area is 145 Å². The summed E-state index contributed by atoms with van der Waals surface area (Å²) in [6.45, 7) is 3.75. The minimum Gasteiger partial charge on any atom is -0.493 e. The van der Waals surface area contributed by atoms with Gasteiger partial charge in [-0.15, -0.1) is 10.2 Å². The number of aryl methyl sites for hydroxylation is 1. The number of hydrogen-bond donors (Lipinski definition) is 2. The van der Waals surface area contributed by atoms with Crippen molar-refractivity contribution in [3.63, 3.8) is 0 Å². The summed E-state index contributed by atoms with van der Waals surface area (Å²) < 4.78 is 10.4. The van der Waals surface area contributed by atoms with Gasteiger partial charge in [0.1, 0.15) is 5.69 Å². The standard InChI is InChI=1S/C17H22N4O4/c1-10(2)18-15(22)8-6-12-17(23)19-16(21-20-12)11-5-7-13(24-3)14(9-11)25-4/h5,7,9-10H,6,8H2,1-4H3,(H,18,22)(H,19,21,23). The Morgan fingerprint density at radius 1 is 1.20 bits per heavy atom. The minimum absolute atomic E-state index is 0.0595. The molecule has 1 aromatic carbocycles. The molecule has 1 aromatic heterocycles. The molecule has 0 radical (unpaired) electrons. The Kier molecular flexibility index (Phi) is 6.10. The molecule has 134 valence electrons. The average molecular weight is 346 g/mol. The number of rotatable bonds is 7. The van der Waals surface area contributed by atoms with Gasteiger partial charge in [0.2, 0.25) is 5.91 Å². The van der Waals surface area contributed by atoms with E-state index in [-0.39, 0.29) is 36.0 Å². The van der Waals surface area contributed by atoms with Gasteiger partial charge in [0.05, 0.1) is 14.2 Å². The molecule has 0 saturated carbocycles. The van der Waals surface area contributed by atoms with Gasteiger partial charge in [-0.1, -0.05) is 0 Å². The molecule has 0 unspecified atom stereocenters. The number of hydrogen-bond acceptors (Lipinski definition) is 6. The lowest BCUT2D eigenvalue weighted by atomic mass is 10.2. The van der Waals surface area contributed by atoms with Crippen LogP contribution >= 0.6 is 0 Å². The number of carbonyl (C=O) groups excluding carboxylic acids is 1. The molecule has 0 fully saturated rings. The Balaban J connectivity index is 2.16. The first kappa shape index (κ1) is 18.4. The van der Waals surface area contributed by atoms with Crippen molar-refractivity contribution in [2.45, 2.75) is 32.7 Å². The van der Waals surface area contributed by atoms with Crippen LogP contribution in [0, 0.1) is 0 Å². The summed E-state index contributed by atoms with van der Waals surface area (Å²) in [6, 6.07) is 5.23. The number of ether oxygens (including phenoxy) is 2. The Morgan fingerprint density at radius 3 is 2.52 bits per heavy atom. The predicted octanol–water partition coefficient (Wildman–Crippen LogP) is 1.31. The molecular weight excluding hydrogens is 324 g/mol. The van der Waals surface area contributed by atoms with E-state index in [0.29, 0.717) is 22.9 Å². The van der Waals surface area contributed by atoms with E-state index in [1.54, 1.807) is 25.3 Å². The largest absolute Gasteiger partial charge is 0.493 e. The summed E-state index contributed by atoms with van der Waals surface area (Å²) in [5, 5.41) is 10.8. The quantitative estimate of drug-likeness (QED) is 0.783. The molecule has 2 rings (SSSR count). The molecule has 1 heterocycles. The number of amides is 1. The molecule has 0 aliphatic heterocycles. The van der Waals surface area contributed by atoms with Gasteiger partial charge < -0.3 is 19.8 Å². The van der Waals surface area contributed by atoms with Gasteiger partial charge in [0.15, 0.2) is 17.3 Å². The maximum Gasteiger partial charge on any atom is 0.273 e. The summed E-state index contributed by atoms with van der Waals surface area (Å²) in [5.41, 5.74) is 0.506. The van der Waals surface area contributed by atoms with Crippen LogP contribution in [0.15, 0.2) is 23.0 Å². The fourth-order valence-electron chi connectivity index (χ4n) is 2.26. The highest BCUT2D eigenvalue weighted by Crippen LogP contribution is 2.30. The average Bonchev–Trinajstić information content (AvgIpc) is 2.59. The van der Waals surface area contributed by atoms with Crippen LogP contribution < -0.4 is 20.3 Å². The van der Waals surface area contributed by atoms with Gasteiger partial charge in [-0.25, -0.2) is 0 Å². The molecule has 0 aliphatic carbocycles. The molecule has 0 bridgehead atoms. The van der Waals surface area contributed by atoms with Crippen LogP contribution in [-0.2, 0) is 11.2 Å². The van der Waals surface area contributed by atoms with Crippen molar-refractivity contribution in [3.8, 4) is 22.9 Å². The summed E-state index contributed by atoms with van der Waals surface area (Å²) in [6.07, 6.45) is 0.415. The number of nitrogens with one attached hydrogen (secondary N) is 2. The van der Waals surface area contributed by atoms with Gasteiger partial charge in [-0.3, -0.25) is 9.59 Å². The Hall–Kier alpha value is -2.90. The van der Waals surface area contributed by atoms with Crippen LogP contribution in [0.5, 0.6) is 11.5 Å². The molecular formula is C17H22N4O4. The van der Waals surface area contributed by atoms with Crippen molar-refractivity contribution in [3.05, 3.63) is 34.2 Å². The Bertz CT molecular complexity index is 801. The van der Waals surface area contributed by atoms with Crippen LogP contribution in [-0.4, -0.2) is 41.3 Å². The number of nitrogens with zero attached hydrogens (tertiary/aromatic N) is 2. The van der Waals surface area contributed by atoms with Gasteiger partial charge in [-0.2, -0.15) is 0 Å². The highest BCUT2D eigenvalue weighted by molar-refractivity contribution is 5.76. The zero-order valence-corrected chi connectivity index (χ0v) is 14.8. The highest BCUT2D eigenvalue weighted by atomic mass is 16.5. The molecule has 0 aliphatic rings. The molecule has 8 nitrogen and oxygen atoms in total. The van der Waals surface area contributed by atoms with Crippen molar-refractivity contribution in [2.75, 3.05) is 14.2 Å².